The molecule has 0 amide bonds. The SMILES string of the molecule is CCC(=O)OC(CCCCCCCC/C=C\C/C=C\CCCCCO)CCCCCCCC/C=C\C/C=C\CCCCCO. The van der Waals surface area contributed by atoms with Gasteiger partial charge in [-0.25, -0.2) is 0 Å². The van der Waals surface area contributed by atoms with E-state index in [9.17, 15) is 4.79 Å². The number of rotatable bonds is 34. The summed E-state index contributed by atoms with van der Waals surface area (Å²) in [6.07, 6.45) is 49.2. The zero-order chi connectivity index (χ0) is 32.0. The lowest BCUT2D eigenvalue weighted by molar-refractivity contribution is -0.149. The quantitative estimate of drug-likeness (QED) is 0.0429. The first-order chi connectivity index (χ1) is 21.7. The highest BCUT2D eigenvalue weighted by Crippen LogP contribution is 2.18. The van der Waals surface area contributed by atoms with Crippen LogP contribution < -0.4 is 0 Å². The normalized spacial score (nSPS) is 12.3. The van der Waals surface area contributed by atoms with Crippen molar-refractivity contribution in [3.8, 4) is 0 Å². The van der Waals surface area contributed by atoms with Crippen LogP contribution in [0.5, 0.6) is 0 Å². The van der Waals surface area contributed by atoms with Gasteiger partial charge in [0.25, 0.3) is 0 Å². The molecule has 0 heterocycles. The maximum Gasteiger partial charge on any atom is 0.305 e. The Bertz CT molecular complexity index is 643. The van der Waals surface area contributed by atoms with E-state index < -0.39 is 0 Å². The predicted octanol–water partition coefficient (Wildman–Crippen LogP) is 11.7. The molecule has 0 radical (unpaired) electrons. The van der Waals surface area contributed by atoms with Gasteiger partial charge in [0.1, 0.15) is 6.10 Å². The molecule has 0 aliphatic carbocycles. The molecule has 2 N–H and O–H groups in total. The standard InChI is InChI=1S/C40H72O4/c1-2-40(43)44-39(35-31-27-23-19-15-11-7-3-5-9-13-17-21-25-29-33-37-41)36-32-28-24-20-16-12-8-4-6-10-14-18-22-26-30-34-38-42/h3-6,13-14,17-18,39,41-42H,2,7-12,15-16,19-38H2,1H3/b5-3-,6-4-,17-13-,18-14-. The van der Waals surface area contributed by atoms with Crippen molar-refractivity contribution >= 4 is 5.97 Å². The number of hydrogen-bond acceptors (Lipinski definition) is 4. The van der Waals surface area contributed by atoms with Crippen molar-refractivity contribution in [1.29, 1.82) is 0 Å². The summed E-state index contributed by atoms with van der Waals surface area (Å²) in [7, 11) is 0. The second-order valence-electron chi connectivity index (χ2n) is 12.4. The van der Waals surface area contributed by atoms with Crippen LogP contribution in [0.2, 0.25) is 0 Å². The number of aliphatic hydroxyl groups excluding tert-OH is 2. The summed E-state index contributed by atoms with van der Waals surface area (Å²) >= 11 is 0. The molecule has 0 aromatic carbocycles. The van der Waals surface area contributed by atoms with E-state index in [-0.39, 0.29) is 12.1 Å². The second kappa shape index (κ2) is 37.5. The minimum Gasteiger partial charge on any atom is -0.462 e. The summed E-state index contributed by atoms with van der Waals surface area (Å²) < 4.78 is 5.78. The van der Waals surface area contributed by atoms with Crippen molar-refractivity contribution in [2.75, 3.05) is 13.2 Å². The third-order valence-corrected chi connectivity index (χ3v) is 8.15. The molecule has 44 heavy (non-hydrogen) atoms. The first kappa shape index (κ1) is 42.3. The number of esters is 1. The molecule has 256 valence electrons. The van der Waals surface area contributed by atoms with Crippen LogP contribution in [0.15, 0.2) is 48.6 Å². The van der Waals surface area contributed by atoms with Crippen LogP contribution in [0.4, 0.5) is 0 Å². The van der Waals surface area contributed by atoms with Crippen molar-refractivity contribution in [3.05, 3.63) is 48.6 Å². The first-order valence-electron chi connectivity index (χ1n) is 18.8. The molecule has 0 rings (SSSR count). The summed E-state index contributed by atoms with van der Waals surface area (Å²) in [5.74, 6) is -0.0433. The highest BCUT2D eigenvalue weighted by atomic mass is 16.5. The van der Waals surface area contributed by atoms with Crippen LogP contribution in [-0.2, 0) is 9.53 Å². The van der Waals surface area contributed by atoms with Crippen LogP contribution in [0.3, 0.4) is 0 Å². The van der Waals surface area contributed by atoms with Crippen molar-refractivity contribution in [2.24, 2.45) is 0 Å². The molecular weight excluding hydrogens is 544 g/mol. The first-order valence-corrected chi connectivity index (χ1v) is 18.8. The van der Waals surface area contributed by atoms with Crippen LogP contribution in [0.1, 0.15) is 180 Å². The molecule has 0 aliphatic rings. The Morgan fingerprint density at radius 1 is 0.477 bits per heavy atom. The van der Waals surface area contributed by atoms with E-state index in [2.05, 4.69) is 48.6 Å². The fraction of sp³-hybridized carbons (Fsp3) is 0.775. The van der Waals surface area contributed by atoms with Gasteiger partial charge >= 0.3 is 5.97 Å². The van der Waals surface area contributed by atoms with Crippen LogP contribution >= 0.6 is 0 Å². The number of hydrogen-bond donors (Lipinski definition) is 2. The molecule has 4 heteroatoms. The molecule has 0 atom stereocenters. The number of ether oxygens (including phenoxy) is 1. The molecule has 0 aromatic heterocycles. The molecule has 0 unspecified atom stereocenters. The smallest absolute Gasteiger partial charge is 0.305 e. The van der Waals surface area contributed by atoms with Gasteiger partial charge in [0.15, 0.2) is 0 Å². The predicted molar refractivity (Wildman–Crippen MR) is 191 cm³/mol. The van der Waals surface area contributed by atoms with Crippen LogP contribution in [-0.4, -0.2) is 35.5 Å². The van der Waals surface area contributed by atoms with E-state index in [0.29, 0.717) is 19.6 Å². The number of allylic oxidation sites excluding steroid dienone is 8. The van der Waals surface area contributed by atoms with E-state index in [1.54, 1.807) is 0 Å². The Kier molecular flexibility index (Phi) is 36.1. The molecule has 0 saturated heterocycles. The van der Waals surface area contributed by atoms with Gasteiger partial charge in [-0.3, -0.25) is 4.79 Å². The van der Waals surface area contributed by atoms with Crippen LogP contribution in [0, 0.1) is 0 Å². The van der Waals surface area contributed by atoms with Crippen molar-refractivity contribution in [3.63, 3.8) is 0 Å². The average molecular weight is 617 g/mol. The van der Waals surface area contributed by atoms with E-state index in [1.807, 2.05) is 6.92 Å². The zero-order valence-corrected chi connectivity index (χ0v) is 28.9. The van der Waals surface area contributed by atoms with Gasteiger partial charge in [0.2, 0.25) is 0 Å². The number of unbranched alkanes of at least 4 members (excludes halogenated alkanes) is 18. The Morgan fingerprint density at radius 2 is 0.795 bits per heavy atom. The van der Waals surface area contributed by atoms with Gasteiger partial charge in [0.05, 0.1) is 0 Å². The Labute approximate surface area is 273 Å². The Balaban J connectivity index is 3.71. The van der Waals surface area contributed by atoms with E-state index in [1.165, 1.54) is 103 Å². The lowest BCUT2D eigenvalue weighted by Crippen LogP contribution is -2.17. The third-order valence-electron chi connectivity index (χ3n) is 8.15. The minimum atomic E-state index is -0.0433. The van der Waals surface area contributed by atoms with E-state index >= 15 is 0 Å². The Morgan fingerprint density at radius 3 is 1.14 bits per heavy atom. The van der Waals surface area contributed by atoms with Crippen molar-refractivity contribution in [2.45, 2.75) is 186 Å². The lowest BCUT2D eigenvalue weighted by atomic mass is 10.0. The summed E-state index contributed by atoms with van der Waals surface area (Å²) in [4.78, 5) is 11.9. The van der Waals surface area contributed by atoms with Crippen molar-refractivity contribution < 1.29 is 19.7 Å². The topological polar surface area (TPSA) is 66.8 Å². The number of carbonyl (C=O) groups is 1. The monoisotopic (exact) mass is 617 g/mol. The molecule has 0 aliphatic heterocycles. The maximum absolute atomic E-state index is 11.9. The lowest BCUT2D eigenvalue weighted by Gasteiger charge is -2.17. The minimum absolute atomic E-state index is 0.0433. The molecule has 0 bridgehead atoms. The third kappa shape index (κ3) is 34.8. The Hall–Kier alpha value is -1.65. The van der Waals surface area contributed by atoms with Crippen LogP contribution in [0.25, 0.3) is 0 Å². The van der Waals surface area contributed by atoms with Gasteiger partial charge in [-0.15, -0.1) is 0 Å². The van der Waals surface area contributed by atoms with Crippen molar-refractivity contribution in [1.82, 2.24) is 0 Å². The highest BCUT2D eigenvalue weighted by molar-refractivity contribution is 5.69. The molecule has 0 aromatic rings. The molecule has 0 fully saturated rings. The van der Waals surface area contributed by atoms with E-state index in [0.717, 1.165) is 64.2 Å². The van der Waals surface area contributed by atoms with Gasteiger partial charge in [0, 0.05) is 19.6 Å². The average Bonchev–Trinajstić information content (AvgIpc) is 3.03. The van der Waals surface area contributed by atoms with Gasteiger partial charge in [-0.1, -0.05) is 120 Å². The summed E-state index contributed by atoms with van der Waals surface area (Å²) in [6, 6.07) is 0. The largest absolute Gasteiger partial charge is 0.462 e. The fourth-order valence-electron chi connectivity index (χ4n) is 5.33. The summed E-state index contributed by atoms with van der Waals surface area (Å²) in [5, 5.41) is 17.6. The zero-order valence-electron chi connectivity index (χ0n) is 28.9. The maximum atomic E-state index is 11.9. The summed E-state index contributed by atoms with van der Waals surface area (Å²) in [5.41, 5.74) is 0. The molecule has 0 saturated carbocycles. The van der Waals surface area contributed by atoms with Gasteiger partial charge in [-0.2, -0.15) is 0 Å². The molecular formula is C40H72O4. The number of carbonyl (C=O) groups excluding carboxylic acids is 1. The fourth-order valence-corrected chi connectivity index (χ4v) is 5.33. The molecule has 4 nitrogen and oxygen atoms in total. The summed E-state index contributed by atoms with van der Waals surface area (Å²) in [6.45, 7) is 2.53. The van der Waals surface area contributed by atoms with E-state index in [4.69, 9.17) is 14.9 Å². The molecule has 0 spiro atoms. The second-order valence-corrected chi connectivity index (χ2v) is 12.4. The number of aliphatic hydroxyl groups is 2. The van der Waals surface area contributed by atoms with Gasteiger partial charge < -0.3 is 14.9 Å². The highest BCUT2D eigenvalue weighted by Gasteiger charge is 2.13. The van der Waals surface area contributed by atoms with Gasteiger partial charge in [-0.05, 0) is 103 Å².